The SMILES string of the molecule is C[C@@]1(O)CCCN(c2nc(OCC34CCCN3C[C@H](F)C4)nc3c(F)c(-c4cc(O)cc5cccc(C6CC6)c45)ncc23)C1. The average molecular weight is 602 g/mol. The fourth-order valence-electron chi connectivity index (χ4n) is 7.93. The lowest BCUT2D eigenvalue weighted by atomic mass is 9.93. The second-order valence-corrected chi connectivity index (χ2v) is 13.6. The van der Waals surface area contributed by atoms with E-state index in [0.717, 1.165) is 55.0 Å². The first-order chi connectivity index (χ1) is 21.2. The zero-order valence-electron chi connectivity index (χ0n) is 24.9. The molecule has 0 radical (unpaired) electrons. The van der Waals surface area contributed by atoms with E-state index in [-0.39, 0.29) is 29.6 Å². The molecule has 1 unspecified atom stereocenters. The quantitative estimate of drug-likeness (QED) is 0.283. The lowest BCUT2D eigenvalue weighted by Crippen LogP contribution is -2.46. The van der Waals surface area contributed by atoms with Crippen LogP contribution < -0.4 is 9.64 Å². The fraction of sp³-hybridized carbons (Fsp3) is 0.500. The molecule has 1 saturated carbocycles. The van der Waals surface area contributed by atoms with E-state index in [1.54, 1.807) is 25.3 Å². The number of halogens is 2. The summed E-state index contributed by atoms with van der Waals surface area (Å²) in [6.45, 7) is 4.21. The van der Waals surface area contributed by atoms with Crippen molar-refractivity contribution in [3.8, 4) is 23.0 Å². The molecule has 230 valence electrons. The molecule has 8 rings (SSSR count). The minimum Gasteiger partial charge on any atom is -0.508 e. The van der Waals surface area contributed by atoms with E-state index in [4.69, 9.17) is 9.72 Å². The maximum atomic E-state index is 16.8. The second kappa shape index (κ2) is 10.2. The molecule has 2 N–H and O–H groups in total. The van der Waals surface area contributed by atoms with E-state index >= 15 is 4.39 Å². The standard InChI is InChI=1S/C34H37F2N5O3/c1-33(43)9-3-11-40(18-33)31-26-16-37-29(25-14-23(42)13-21-5-2-6-24(27(21)25)20-7-8-20)28(36)30(26)38-32(39-31)44-19-34-10-4-12-41(34)17-22(35)15-34/h2,5-6,13-14,16,20,22,42-43H,3-4,7-12,15,17-19H2,1H3/t22-,33-,34?/m1/s1. The summed E-state index contributed by atoms with van der Waals surface area (Å²) in [5.41, 5.74) is 0.482. The first kappa shape index (κ1) is 27.9. The monoisotopic (exact) mass is 601 g/mol. The Morgan fingerprint density at radius 1 is 1.11 bits per heavy atom. The van der Waals surface area contributed by atoms with Crippen molar-refractivity contribution in [1.82, 2.24) is 19.9 Å². The number of hydrogen-bond donors (Lipinski definition) is 2. The predicted molar refractivity (Wildman–Crippen MR) is 164 cm³/mol. The van der Waals surface area contributed by atoms with Gasteiger partial charge < -0.3 is 19.8 Å². The number of hydrogen-bond acceptors (Lipinski definition) is 8. The number of fused-ring (bicyclic) bond motifs is 3. The molecule has 4 fully saturated rings. The Kier molecular flexibility index (Phi) is 6.47. The number of pyridine rings is 1. The van der Waals surface area contributed by atoms with Crippen LogP contribution in [0.1, 0.15) is 63.4 Å². The maximum Gasteiger partial charge on any atom is 0.319 e. The minimum absolute atomic E-state index is 0.0248. The molecular weight excluding hydrogens is 564 g/mol. The number of rotatable bonds is 6. The number of aliphatic hydroxyl groups is 1. The molecule has 10 heteroatoms. The van der Waals surface area contributed by atoms with Gasteiger partial charge in [-0.25, -0.2) is 8.78 Å². The van der Waals surface area contributed by atoms with Crippen molar-refractivity contribution in [1.29, 1.82) is 0 Å². The number of aromatic hydroxyl groups is 1. The van der Waals surface area contributed by atoms with Crippen LogP contribution in [0, 0.1) is 5.82 Å². The molecule has 0 spiro atoms. The minimum atomic E-state index is -0.925. The first-order valence-corrected chi connectivity index (χ1v) is 15.8. The maximum absolute atomic E-state index is 16.8. The fourth-order valence-corrected chi connectivity index (χ4v) is 7.93. The van der Waals surface area contributed by atoms with Gasteiger partial charge >= 0.3 is 6.01 Å². The lowest BCUT2D eigenvalue weighted by molar-refractivity contribution is 0.0447. The molecule has 3 aliphatic heterocycles. The van der Waals surface area contributed by atoms with Gasteiger partial charge in [-0.05, 0) is 86.4 Å². The molecule has 5 heterocycles. The number of anilines is 1. The van der Waals surface area contributed by atoms with Gasteiger partial charge in [-0.15, -0.1) is 0 Å². The van der Waals surface area contributed by atoms with Gasteiger partial charge in [-0.3, -0.25) is 9.88 Å². The molecule has 4 aliphatic rings. The molecule has 0 bridgehead atoms. The molecule has 0 amide bonds. The Bertz CT molecular complexity index is 1780. The van der Waals surface area contributed by atoms with Gasteiger partial charge in [0.2, 0.25) is 0 Å². The van der Waals surface area contributed by atoms with Crippen LogP contribution in [0.4, 0.5) is 14.6 Å². The van der Waals surface area contributed by atoms with Crippen LogP contribution in [0.25, 0.3) is 32.9 Å². The largest absolute Gasteiger partial charge is 0.508 e. The van der Waals surface area contributed by atoms with Crippen LogP contribution >= 0.6 is 0 Å². The zero-order valence-corrected chi connectivity index (χ0v) is 24.9. The van der Waals surface area contributed by atoms with Crippen molar-refractivity contribution in [2.75, 3.05) is 37.7 Å². The van der Waals surface area contributed by atoms with Gasteiger partial charge in [0, 0.05) is 37.8 Å². The molecule has 4 aromatic rings. The molecule has 44 heavy (non-hydrogen) atoms. The van der Waals surface area contributed by atoms with E-state index in [0.29, 0.717) is 55.2 Å². The van der Waals surface area contributed by atoms with E-state index < -0.39 is 23.1 Å². The molecule has 2 aromatic heterocycles. The van der Waals surface area contributed by atoms with E-state index in [2.05, 4.69) is 20.9 Å². The molecule has 8 nitrogen and oxygen atoms in total. The summed E-state index contributed by atoms with van der Waals surface area (Å²) in [5.74, 6) is 0.272. The summed E-state index contributed by atoms with van der Waals surface area (Å²) in [7, 11) is 0. The third kappa shape index (κ3) is 4.74. The highest BCUT2D eigenvalue weighted by Crippen LogP contribution is 2.47. The highest BCUT2D eigenvalue weighted by atomic mass is 19.1. The highest BCUT2D eigenvalue weighted by Gasteiger charge is 2.49. The van der Waals surface area contributed by atoms with Crippen LogP contribution in [0.5, 0.6) is 11.8 Å². The first-order valence-electron chi connectivity index (χ1n) is 15.8. The molecular formula is C34H37F2N5O3. The lowest BCUT2D eigenvalue weighted by Gasteiger charge is -2.38. The van der Waals surface area contributed by atoms with E-state index in [9.17, 15) is 14.6 Å². The Morgan fingerprint density at radius 2 is 1.95 bits per heavy atom. The summed E-state index contributed by atoms with van der Waals surface area (Å²) in [4.78, 5) is 18.1. The number of piperidine rings is 1. The van der Waals surface area contributed by atoms with Crippen LogP contribution in [0.15, 0.2) is 36.5 Å². The zero-order chi connectivity index (χ0) is 30.2. The van der Waals surface area contributed by atoms with Crippen LogP contribution in [0.3, 0.4) is 0 Å². The highest BCUT2D eigenvalue weighted by molar-refractivity contribution is 6.02. The normalized spacial score (nSPS) is 27.4. The van der Waals surface area contributed by atoms with E-state index in [1.807, 2.05) is 17.0 Å². The number of aromatic nitrogens is 3. The molecule has 3 saturated heterocycles. The predicted octanol–water partition coefficient (Wildman–Crippen LogP) is 5.87. The second-order valence-electron chi connectivity index (χ2n) is 13.6. The number of ether oxygens (including phenoxy) is 1. The third-order valence-corrected chi connectivity index (χ3v) is 10.1. The average Bonchev–Trinajstić information content (AvgIpc) is 3.69. The van der Waals surface area contributed by atoms with E-state index in [1.165, 1.54) is 0 Å². The summed E-state index contributed by atoms with van der Waals surface area (Å²) in [5, 5.41) is 23.7. The van der Waals surface area contributed by atoms with Crippen molar-refractivity contribution in [2.24, 2.45) is 0 Å². The number of phenolic OH excluding ortho intramolecular Hbond substituents is 1. The molecule has 1 aliphatic carbocycles. The Hall–Kier alpha value is -3.63. The topological polar surface area (TPSA) is 94.8 Å². The van der Waals surface area contributed by atoms with Gasteiger partial charge in [0.05, 0.1) is 16.5 Å². The summed E-state index contributed by atoms with van der Waals surface area (Å²) < 4.78 is 37.5. The molecule has 2 aromatic carbocycles. The van der Waals surface area contributed by atoms with Crippen molar-refractivity contribution in [3.63, 3.8) is 0 Å². The Morgan fingerprint density at radius 3 is 2.77 bits per heavy atom. The van der Waals surface area contributed by atoms with Crippen molar-refractivity contribution < 1.29 is 23.7 Å². The van der Waals surface area contributed by atoms with Gasteiger partial charge in [0.25, 0.3) is 0 Å². The summed E-state index contributed by atoms with van der Waals surface area (Å²) >= 11 is 0. The number of alkyl halides is 1. The third-order valence-electron chi connectivity index (χ3n) is 10.1. The smallest absolute Gasteiger partial charge is 0.319 e. The van der Waals surface area contributed by atoms with Gasteiger partial charge in [-0.1, -0.05) is 18.2 Å². The Labute approximate surface area is 254 Å². The van der Waals surface area contributed by atoms with Crippen LogP contribution in [-0.2, 0) is 0 Å². The van der Waals surface area contributed by atoms with Crippen molar-refractivity contribution in [3.05, 3.63) is 47.9 Å². The number of nitrogens with zero attached hydrogens (tertiary/aromatic N) is 5. The number of phenols is 1. The number of benzene rings is 2. The van der Waals surface area contributed by atoms with Crippen LogP contribution in [0.2, 0.25) is 0 Å². The van der Waals surface area contributed by atoms with Gasteiger partial charge in [-0.2, -0.15) is 9.97 Å². The number of β-amino-alcohol motifs (C(OH)–C–C–N with tert-alkyl or cyclic N) is 1. The van der Waals surface area contributed by atoms with Crippen LogP contribution in [-0.4, -0.2) is 80.2 Å². The molecule has 3 atom stereocenters. The van der Waals surface area contributed by atoms with Gasteiger partial charge in [0.1, 0.15) is 35.6 Å². The van der Waals surface area contributed by atoms with Crippen molar-refractivity contribution >= 4 is 27.5 Å². The summed E-state index contributed by atoms with van der Waals surface area (Å²) in [6.07, 6.45) is 6.46. The summed E-state index contributed by atoms with van der Waals surface area (Å²) in [6, 6.07) is 9.28. The van der Waals surface area contributed by atoms with Gasteiger partial charge in [0.15, 0.2) is 5.82 Å². The Balaban J connectivity index is 1.27. The van der Waals surface area contributed by atoms with Crippen molar-refractivity contribution in [2.45, 2.75) is 75.1 Å².